The zero-order chi connectivity index (χ0) is 15.4. The summed E-state index contributed by atoms with van der Waals surface area (Å²) in [6, 6.07) is 18.4. The summed E-state index contributed by atoms with van der Waals surface area (Å²) in [7, 11) is -1.03. The van der Waals surface area contributed by atoms with E-state index in [0.29, 0.717) is 5.75 Å². The lowest BCUT2D eigenvalue weighted by Gasteiger charge is -2.17. The minimum Gasteiger partial charge on any atom is -0.258 e. The van der Waals surface area contributed by atoms with Gasteiger partial charge in [-0.15, -0.1) is 11.3 Å². The van der Waals surface area contributed by atoms with E-state index >= 15 is 0 Å². The van der Waals surface area contributed by atoms with Gasteiger partial charge in [0.15, 0.2) is 0 Å². The van der Waals surface area contributed by atoms with E-state index in [2.05, 4.69) is 48.3 Å². The van der Waals surface area contributed by atoms with Gasteiger partial charge in [0.2, 0.25) is 0 Å². The average molecular weight is 327 g/mol. The molecule has 0 amide bonds. The van der Waals surface area contributed by atoms with Gasteiger partial charge < -0.3 is 0 Å². The molecular formula is C18H17NOS2. The van der Waals surface area contributed by atoms with Crippen LogP contribution >= 0.6 is 11.3 Å². The molecule has 4 heteroatoms. The van der Waals surface area contributed by atoms with Crippen molar-refractivity contribution in [3.05, 3.63) is 87.9 Å². The SMILES string of the molecule is Cc1ccc([C@H](c2ccccc2)[S@@](=O)Cc2cncs2)cc1. The van der Waals surface area contributed by atoms with Gasteiger partial charge in [-0.2, -0.15) is 0 Å². The van der Waals surface area contributed by atoms with Crippen LogP contribution in [0.15, 0.2) is 66.3 Å². The second kappa shape index (κ2) is 6.99. The van der Waals surface area contributed by atoms with E-state index in [1.54, 1.807) is 23.0 Å². The normalized spacial score (nSPS) is 13.7. The molecule has 2 aromatic carbocycles. The van der Waals surface area contributed by atoms with Gasteiger partial charge >= 0.3 is 0 Å². The summed E-state index contributed by atoms with van der Waals surface area (Å²) < 4.78 is 13.0. The van der Waals surface area contributed by atoms with Gasteiger partial charge in [-0.3, -0.25) is 9.19 Å². The molecule has 112 valence electrons. The number of hydrogen-bond acceptors (Lipinski definition) is 3. The predicted molar refractivity (Wildman–Crippen MR) is 93.4 cm³/mol. The molecule has 0 aliphatic heterocycles. The van der Waals surface area contributed by atoms with Gasteiger partial charge in [0.1, 0.15) is 0 Å². The highest BCUT2D eigenvalue weighted by Crippen LogP contribution is 2.30. The first-order valence-electron chi connectivity index (χ1n) is 7.10. The van der Waals surface area contributed by atoms with Crippen LogP contribution in [0.2, 0.25) is 0 Å². The molecule has 0 aliphatic rings. The zero-order valence-electron chi connectivity index (χ0n) is 12.3. The molecule has 3 rings (SSSR count). The molecule has 0 saturated heterocycles. The van der Waals surface area contributed by atoms with Gasteiger partial charge in [0.05, 0.1) is 16.5 Å². The summed E-state index contributed by atoms with van der Waals surface area (Å²) in [5.41, 5.74) is 5.19. The van der Waals surface area contributed by atoms with Gasteiger partial charge in [0.25, 0.3) is 0 Å². The Bertz CT molecular complexity index is 737. The van der Waals surface area contributed by atoms with E-state index in [4.69, 9.17) is 0 Å². The van der Waals surface area contributed by atoms with E-state index in [-0.39, 0.29) is 5.25 Å². The van der Waals surface area contributed by atoms with Crippen LogP contribution in [-0.4, -0.2) is 9.19 Å². The third kappa shape index (κ3) is 3.51. The molecular weight excluding hydrogens is 310 g/mol. The zero-order valence-corrected chi connectivity index (χ0v) is 13.9. The van der Waals surface area contributed by atoms with Crippen molar-refractivity contribution in [1.29, 1.82) is 0 Å². The molecule has 0 saturated carbocycles. The van der Waals surface area contributed by atoms with Gasteiger partial charge in [-0.1, -0.05) is 60.2 Å². The van der Waals surface area contributed by atoms with Crippen molar-refractivity contribution in [2.75, 3.05) is 0 Å². The number of hydrogen-bond donors (Lipinski definition) is 0. The van der Waals surface area contributed by atoms with Crippen LogP contribution in [0.25, 0.3) is 0 Å². The lowest BCUT2D eigenvalue weighted by Crippen LogP contribution is -2.10. The highest BCUT2D eigenvalue weighted by Gasteiger charge is 2.21. The first-order valence-corrected chi connectivity index (χ1v) is 9.36. The quantitative estimate of drug-likeness (QED) is 0.691. The largest absolute Gasteiger partial charge is 0.258 e. The second-order valence-corrected chi connectivity index (χ2v) is 7.69. The maximum absolute atomic E-state index is 13.0. The standard InChI is InChI=1S/C18H17NOS2/c1-14-7-9-16(10-8-14)18(15-5-3-2-4-6-15)22(20)12-17-11-19-13-21-17/h2-11,13,18H,12H2,1H3/t18-,22-/m0/s1. The summed E-state index contributed by atoms with van der Waals surface area (Å²) in [6.45, 7) is 2.07. The second-order valence-electron chi connectivity index (χ2n) is 5.19. The van der Waals surface area contributed by atoms with E-state index in [1.165, 1.54) is 5.56 Å². The summed E-state index contributed by atoms with van der Waals surface area (Å²) in [5, 5.41) is -0.108. The fraction of sp³-hybridized carbons (Fsp3) is 0.167. The van der Waals surface area contributed by atoms with E-state index < -0.39 is 10.8 Å². The van der Waals surface area contributed by atoms with Crippen LogP contribution in [0.4, 0.5) is 0 Å². The van der Waals surface area contributed by atoms with Gasteiger partial charge in [0, 0.05) is 21.9 Å². The molecule has 3 aromatic rings. The lowest BCUT2D eigenvalue weighted by molar-refractivity contribution is 0.678. The maximum Gasteiger partial charge on any atom is 0.0850 e. The number of aromatic nitrogens is 1. The van der Waals surface area contributed by atoms with Crippen LogP contribution in [0.1, 0.15) is 26.8 Å². The van der Waals surface area contributed by atoms with Crippen molar-refractivity contribution >= 4 is 22.1 Å². The number of aryl methyl sites for hydroxylation is 1. The lowest BCUT2D eigenvalue weighted by atomic mass is 10.0. The molecule has 0 radical (unpaired) electrons. The molecule has 1 heterocycles. The fourth-order valence-electron chi connectivity index (χ4n) is 2.40. The summed E-state index contributed by atoms with van der Waals surface area (Å²) >= 11 is 1.56. The van der Waals surface area contributed by atoms with Crippen molar-refractivity contribution in [3.63, 3.8) is 0 Å². The molecule has 22 heavy (non-hydrogen) atoms. The Labute approximate surface area is 137 Å². The van der Waals surface area contributed by atoms with Crippen LogP contribution < -0.4 is 0 Å². The molecule has 0 fully saturated rings. The van der Waals surface area contributed by atoms with Crippen LogP contribution in [0.3, 0.4) is 0 Å². The maximum atomic E-state index is 13.0. The number of benzene rings is 2. The van der Waals surface area contributed by atoms with Crippen LogP contribution in [0, 0.1) is 6.92 Å². The van der Waals surface area contributed by atoms with Crippen molar-refractivity contribution in [3.8, 4) is 0 Å². The Morgan fingerprint density at radius 3 is 2.36 bits per heavy atom. The number of thiazole rings is 1. The minimum atomic E-state index is -1.03. The predicted octanol–water partition coefficient (Wildman–Crippen LogP) is 4.49. The first-order chi connectivity index (χ1) is 10.7. The molecule has 0 aliphatic carbocycles. The Kier molecular flexibility index (Phi) is 4.80. The van der Waals surface area contributed by atoms with Gasteiger partial charge in [-0.05, 0) is 18.1 Å². The molecule has 0 N–H and O–H groups in total. The fourth-order valence-corrected chi connectivity index (χ4v) is 4.84. The third-order valence-electron chi connectivity index (χ3n) is 3.51. The summed E-state index contributed by atoms with van der Waals surface area (Å²) in [5.74, 6) is 0.540. The van der Waals surface area contributed by atoms with Crippen molar-refractivity contribution in [2.24, 2.45) is 0 Å². The van der Waals surface area contributed by atoms with Crippen LogP contribution in [-0.2, 0) is 16.6 Å². The highest BCUT2D eigenvalue weighted by molar-refractivity contribution is 7.84. The Morgan fingerprint density at radius 1 is 1.05 bits per heavy atom. The molecule has 0 bridgehead atoms. The highest BCUT2D eigenvalue weighted by atomic mass is 32.2. The number of rotatable bonds is 5. The molecule has 2 nitrogen and oxygen atoms in total. The Morgan fingerprint density at radius 2 is 1.73 bits per heavy atom. The van der Waals surface area contributed by atoms with Crippen molar-refractivity contribution in [1.82, 2.24) is 4.98 Å². The average Bonchev–Trinajstić information content (AvgIpc) is 3.03. The molecule has 1 aromatic heterocycles. The van der Waals surface area contributed by atoms with Gasteiger partial charge in [-0.25, -0.2) is 0 Å². The Hall–Kier alpha value is -1.78. The monoisotopic (exact) mass is 327 g/mol. The van der Waals surface area contributed by atoms with Crippen molar-refractivity contribution < 1.29 is 4.21 Å². The molecule has 0 unspecified atom stereocenters. The smallest absolute Gasteiger partial charge is 0.0850 e. The van der Waals surface area contributed by atoms with E-state index in [0.717, 1.165) is 16.0 Å². The van der Waals surface area contributed by atoms with E-state index in [1.807, 2.05) is 18.2 Å². The molecule has 2 atom stereocenters. The summed E-state index contributed by atoms with van der Waals surface area (Å²) in [4.78, 5) is 5.14. The van der Waals surface area contributed by atoms with Crippen LogP contribution in [0.5, 0.6) is 0 Å². The van der Waals surface area contributed by atoms with E-state index in [9.17, 15) is 4.21 Å². The third-order valence-corrected chi connectivity index (χ3v) is 6.14. The molecule has 0 spiro atoms. The first kappa shape index (κ1) is 15.1. The Balaban J connectivity index is 1.95. The number of nitrogens with zero attached hydrogens (tertiary/aromatic N) is 1. The van der Waals surface area contributed by atoms with Crippen molar-refractivity contribution in [2.45, 2.75) is 17.9 Å². The minimum absolute atomic E-state index is 0.108. The topological polar surface area (TPSA) is 30.0 Å². The summed E-state index contributed by atoms with van der Waals surface area (Å²) in [6.07, 6.45) is 1.81.